The summed E-state index contributed by atoms with van der Waals surface area (Å²) in [5.41, 5.74) is 5.30. The van der Waals surface area contributed by atoms with Gasteiger partial charge in [-0.3, -0.25) is 4.57 Å². The van der Waals surface area contributed by atoms with Crippen molar-refractivity contribution in [2.75, 3.05) is 0 Å². The minimum Gasteiger partial charge on any atom is -0.299 e. The van der Waals surface area contributed by atoms with Crippen LogP contribution < -0.4 is 0 Å². The van der Waals surface area contributed by atoms with Crippen LogP contribution >= 0.6 is 0 Å². The lowest BCUT2D eigenvalue weighted by atomic mass is 9.92. The molecule has 2 aromatic carbocycles. The van der Waals surface area contributed by atoms with Crippen molar-refractivity contribution in [1.82, 2.24) is 9.55 Å². The summed E-state index contributed by atoms with van der Waals surface area (Å²) in [5, 5.41) is 9.53. The van der Waals surface area contributed by atoms with E-state index in [0.29, 0.717) is 11.8 Å². The molecule has 0 aliphatic heterocycles. The molecule has 0 unspecified atom stereocenters. The van der Waals surface area contributed by atoms with Gasteiger partial charge in [-0.05, 0) is 66.1 Å². The van der Waals surface area contributed by atoms with Crippen molar-refractivity contribution in [3.63, 3.8) is 0 Å². The molecule has 3 rings (SSSR count). The van der Waals surface area contributed by atoms with E-state index in [1.165, 1.54) is 11.1 Å². The van der Waals surface area contributed by atoms with Gasteiger partial charge in [-0.25, -0.2) is 4.98 Å². The predicted octanol–water partition coefficient (Wildman–Crippen LogP) is 5.41. The first-order chi connectivity index (χ1) is 13.0. The molecule has 0 spiro atoms. The summed E-state index contributed by atoms with van der Waals surface area (Å²) in [6.07, 6.45) is 5.69. The molecule has 0 saturated carbocycles. The van der Waals surface area contributed by atoms with Gasteiger partial charge < -0.3 is 0 Å². The minimum atomic E-state index is 0.497. The highest BCUT2D eigenvalue weighted by Crippen LogP contribution is 2.30. The van der Waals surface area contributed by atoms with Gasteiger partial charge in [-0.15, -0.1) is 0 Å². The highest BCUT2D eigenvalue weighted by molar-refractivity contribution is 5.62. The van der Waals surface area contributed by atoms with E-state index in [0.717, 1.165) is 35.5 Å². The first kappa shape index (κ1) is 18.7. The van der Waals surface area contributed by atoms with Crippen molar-refractivity contribution in [3.8, 4) is 23.1 Å². The number of nitrogens with zero attached hydrogens (tertiary/aromatic N) is 3. The second-order valence-corrected chi connectivity index (χ2v) is 7.79. The lowest BCUT2D eigenvalue weighted by molar-refractivity contribution is 0.631. The van der Waals surface area contributed by atoms with Crippen LogP contribution in [0.3, 0.4) is 0 Å². The van der Waals surface area contributed by atoms with Crippen LogP contribution in [0.4, 0.5) is 0 Å². The molecule has 0 atom stereocenters. The van der Waals surface area contributed by atoms with E-state index >= 15 is 0 Å². The Labute approximate surface area is 162 Å². The second-order valence-electron chi connectivity index (χ2n) is 7.79. The van der Waals surface area contributed by atoms with Crippen molar-refractivity contribution in [2.24, 2.45) is 11.8 Å². The third kappa shape index (κ3) is 4.21. The van der Waals surface area contributed by atoms with E-state index in [4.69, 9.17) is 0 Å². The normalized spacial score (nSPS) is 10.9. The number of aromatic nitrogens is 2. The van der Waals surface area contributed by atoms with Gasteiger partial charge in [-0.2, -0.15) is 5.26 Å². The molecular formula is C24H25N3. The standard InChI is InChI=1S/C24H25N3/c1-17(2)12-21-14-19(16-25)15-22(13-18(3)4)23(21)27-11-10-26-24(27)20-8-6-5-7-9-20/h6,8-11,14-15,17-18H,12-13H2,1-4H3. The quantitative estimate of drug-likeness (QED) is 0.593. The summed E-state index contributed by atoms with van der Waals surface area (Å²) in [6.45, 7) is 8.84. The summed E-state index contributed by atoms with van der Waals surface area (Å²) >= 11 is 0. The van der Waals surface area contributed by atoms with Crippen LogP contribution in [0.25, 0.3) is 17.1 Å². The SMILES string of the molecule is CC(C)Cc1cc(C#N)cc(CC(C)C)c1-n1ccnc1-c1cc#ccc1. The van der Waals surface area contributed by atoms with Gasteiger partial charge in [-0.1, -0.05) is 39.8 Å². The fourth-order valence-corrected chi connectivity index (χ4v) is 3.51. The zero-order valence-corrected chi connectivity index (χ0v) is 16.5. The van der Waals surface area contributed by atoms with Crippen LogP contribution in [0.2, 0.25) is 0 Å². The van der Waals surface area contributed by atoms with Gasteiger partial charge in [0.05, 0.1) is 17.3 Å². The lowest BCUT2D eigenvalue weighted by Crippen LogP contribution is -2.10. The molecule has 136 valence electrons. The van der Waals surface area contributed by atoms with E-state index in [1.54, 1.807) is 0 Å². The maximum absolute atomic E-state index is 9.53. The summed E-state index contributed by atoms with van der Waals surface area (Å²) in [6, 6.07) is 18.1. The minimum absolute atomic E-state index is 0.497. The van der Waals surface area contributed by atoms with Crippen molar-refractivity contribution >= 4 is 0 Å². The van der Waals surface area contributed by atoms with Crippen LogP contribution in [-0.2, 0) is 12.8 Å². The Hall–Kier alpha value is -3.04. The van der Waals surface area contributed by atoms with E-state index in [9.17, 15) is 5.26 Å². The fraction of sp³-hybridized carbons (Fsp3) is 0.333. The number of hydrogen-bond donors (Lipinski definition) is 0. The molecule has 3 heteroatoms. The maximum atomic E-state index is 9.53. The maximum Gasteiger partial charge on any atom is 0.145 e. The first-order valence-electron chi connectivity index (χ1n) is 9.47. The van der Waals surface area contributed by atoms with Gasteiger partial charge in [0.1, 0.15) is 5.82 Å². The van der Waals surface area contributed by atoms with Gasteiger partial charge >= 0.3 is 0 Å². The van der Waals surface area contributed by atoms with Crippen LogP contribution in [0.15, 0.2) is 42.7 Å². The zero-order valence-electron chi connectivity index (χ0n) is 16.5. The fourth-order valence-electron chi connectivity index (χ4n) is 3.51. The Morgan fingerprint density at radius 1 is 1.07 bits per heavy atom. The number of benzene rings is 1. The number of imidazole rings is 1. The number of nitriles is 1. The summed E-state index contributed by atoms with van der Waals surface area (Å²) in [4.78, 5) is 4.61. The number of rotatable bonds is 6. The molecule has 0 N–H and O–H groups in total. The average molecular weight is 355 g/mol. The lowest BCUT2D eigenvalue weighted by Gasteiger charge is -2.20. The third-order valence-corrected chi connectivity index (χ3v) is 4.45. The molecule has 1 heterocycles. The smallest absolute Gasteiger partial charge is 0.145 e. The molecule has 0 aliphatic carbocycles. The Morgan fingerprint density at radius 3 is 2.26 bits per heavy atom. The molecule has 0 saturated heterocycles. The monoisotopic (exact) mass is 355 g/mol. The predicted molar refractivity (Wildman–Crippen MR) is 108 cm³/mol. The van der Waals surface area contributed by atoms with Crippen molar-refractivity contribution < 1.29 is 0 Å². The Bertz CT molecular complexity index is 912. The van der Waals surface area contributed by atoms with E-state index in [-0.39, 0.29) is 0 Å². The molecule has 1 aromatic heterocycles. The van der Waals surface area contributed by atoms with Gasteiger partial charge in [0.25, 0.3) is 0 Å². The van der Waals surface area contributed by atoms with Gasteiger partial charge in [0.15, 0.2) is 0 Å². The number of hydrogen-bond acceptors (Lipinski definition) is 2. The van der Waals surface area contributed by atoms with Crippen molar-refractivity contribution in [2.45, 2.75) is 40.5 Å². The van der Waals surface area contributed by atoms with Gasteiger partial charge in [0.2, 0.25) is 0 Å². The molecule has 3 aromatic rings. The Balaban J connectivity index is 2.25. The van der Waals surface area contributed by atoms with Gasteiger partial charge in [0, 0.05) is 18.0 Å². The van der Waals surface area contributed by atoms with Crippen molar-refractivity contribution in [1.29, 1.82) is 5.26 Å². The summed E-state index contributed by atoms with van der Waals surface area (Å²) in [5.74, 6) is 1.88. The Morgan fingerprint density at radius 2 is 1.74 bits per heavy atom. The van der Waals surface area contributed by atoms with Crippen LogP contribution in [0.5, 0.6) is 0 Å². The highest BCUT2D eigenvalue weighted by Gasteiger charge is 2.18. The first-order valence-corrected chi connectivity index (χ1v) is 9.47. The summed E-state index contributed by atoms with van der Waals surface area (Å²) < 4.78 is 2.17. The summed E-state index contributed by atoms with van der Waals surface area (Å²) in [7, 11) is 0. The van der Waals surface area contributed by atoms with Crippen LogP contribution in [0, 0.1) is 35.3 Å². The molecule has 0 aliphatic rings. The molecule has 0 radical (unpaired) electrons. The average Bonchev–Trinajstić information content (AvgIpc) is 3.10. The van der Waals surface area contributed by atoms with Crippen LogP contribution in [-0.4, -0.2) is 9.55 Å². The molecule has 0 amide bonds. The third-order valence-electron chi connectivity index (χ3n) is 4.45. The Kier molecular flexibility index (Phi) is 5.63. The topological polar surface area (TPSA) is 41.6 Å². The highest BCUT2D eigenvalue weighted by atomic mass is 15.1. The molecule has 3 nitrogen and oxygen atoms in total. The van der Waals surface area contributed by atoms with E-state index in [1.807, 2.05) is 42.7 Å². The van der Waals surface area contributed by atoms with E-state index in [2.05, 4.69) is 55.4 Å². The molecule has 27 heavy (non-hydrogen) atoms. The van der Waals surface area contributed by atoms with Crippen LogP contribution in [0.1, 0.15) is 44.4 Å². The van der Waals surface area contributed by atoms with E-state index < -0.39 is 0 Å². The largest absolute Gasteiger partial charge is 0.299 e. The molecular weight excluding hydrogens is 330 g/mol. The molecule has 0 fully saturated rings. The second kappa shape index (κ2) is 8.11. The zero-order chi connectivity index (χ0) is 19.4. The van der Waals surface area contributed by atoms with Crippen molar-refractivity contribution in [3.05, 3.63) is 71.5 Å². The molecule has 0 bridgehead atoms.